The van der Waals surface area contributed by atoms with Crippen LogP contribution in [0.3, 0.4) is 0 Å². The van der Waals surface area contributed by atoms with Crippen LogP contribution in [0, 0.1) is 6.92 Å². The number of thiophene rings is 1. The Balaban J connectivity index is 0.00000400. The van der Waals surface area contributed by atoms with Gasteiger partial charge in [-0.25, -0.2) is 4.99 Å². The van der Waals surface area contributed by atoms with Gasteiger partial charge in [-0.15, -0.1) is 41.9 Å². The molecule has 0 saturated carbocycles. The highest BCUT2D eigenvalue weighted by atomic mass is 127. The van der Waals surface area contributed by atoms with E-state index in [2.05, 4.69) is 41.3 Å². The number of aliphatic imine (C=N–C) groups is 1. The molecule has 0 aliphatic rings. The van der Waals surface area contributed by atoms with E-state index in [4.69, 9.17) is 0 Å². The van der Waals surface area contributed by atoms with E-state index < -0.39 is 0 Å². The maximum absolute atomic E-state index is 11.5. The Morgan fingerprint density at radius 2 is 2.14 bits per heavy atom. The zero-order valence-corrected chi connectivity index (χ0v) is 15.8. The van der Waals surface area contributed by atoms with Crippen LogP contribution in [0.15, 0.2) is 29.8 Å². The molecule has 7 heteroatoms. The van der Waals surface area contributed by atoms with Crippen molar-refractivity contribution in [3.05, 3.63) is 34.5 Å². The first-order valence-electron chi connectivity index (χ1n) is 6.41. The van der Waals surface area contributed by atoms with Crippen molar-refractivity contribution in [1.29, 1.82) is 0 Å². The van der Waals surface area contributed by atoms with E-state index in [1.54, 1.807) is 31.5 Å². The van der Waals surface area contributed by atoms with Gasteiger partial charge in [-0.2, -0.15) is 0 Å². The number of amides is 1. The van der Waals surface area contributed by atoms with Crippen LogP contribution in [0.4, 0.5) is 0 Å². The molecule has 0 unspecified atom stereocenters. The van der Waals surface area contributed by atoms with E-state index in [1.165, 1.54) is 14.7 Å². The Hall–Kier alpha value is -1.09. The first kappa shape index (κ1) is 19.9. The number of carbonyl (C=O) groups excluding carboxylic acids is 1. The molecule has 0 spiro atoms. The summed E-state index contributed by atoms with van der Waals surface area (Å²) in [6, 6.07) is 4.17. The van der Waals surface area contributed by atoms with Crippen molar-refractivity contribution in [1.82, 2.24) is 15.5 Å². The van der Waals surface area contributed by atoms with Crippen LogP contribution in [0.5, 0.6) is 0 Å². The molecular formula is C14H23IN4OS. The number of hydrogen-bond acceptors (Lipinski definition) is 3. The molecule has 1 aromatic heterocycles. The third kappa shape index (κ3) is 8.05. The van der Waals surface area contributed by atoms with Gasteiger partial charge in [0.25, 0.3) is 0 Å². The highest BCUT2D eigenvalue weighted by Gasteiger charge is 2.04. The third-order valence-corrected chi connectivity index (χ3v) is 3.51. The number of nitrogens with zero attached hydrogens (tertiary/aromatic N) is 2. The van der Waals surface area contributed by atoms with Gasteiger partial charge in [-0.1, -0.05) is 6.08 Å². The van der Waals surface area contributed by atoms with Gasteiger partial charge >= 0.3 is 0 Å². The Bertz CT molecular complexity index is 485. The number of likely N-dealkylation sites (N-methyl/N-ethyl adjacent to an activating group) is 1. The van der Waals surface area contributed by atoms with Gasteiger partial charge in [-0.3, -0.25) is 4.79 Å². The monoisotopic (exact) mass is 422 g/mol. The molecular weight excluding hydrogens is 399 g/mol. The summed E-state index contributed by atoms with van der Waals surface area (Å²) < 4.78 is 0. The van der Waals surface area contributed by atoms with Crippen LogP contribution in [0.1, 0.15) is 9.75 Å². The van der Waals surface area contributed by atoms with E-state index >= 15 is 0 Å². The van der Waals surface area contributed by atoms with E-state index in [9.17, 15) is 4.79 Å². The second kappa shape index (κ2) is 10.6. The number of guanidine groups is 1. The Morgan fingerprint density at radius 3 is 2.67 bits per heavy atom. The van der Waals surface area contributed by atoms with Crippen molar-refractivity contribution in [2.75, 3.05) is 27.2 Å². The van der Waals surface area contributed by atoms with Gasteiger partial charge in [-0.05, 0) is 19.1 Å². The van der Waals surface area contributed by atoms with Gasteiger partial charge < -0.3 is 15.5 Å². The van der Waals surface area contributed by atoms with Crippen molar-refractivity contribution in [3.63, 3.8) is 0 Å². The van der Waals surface area contributed by atoms with Gasteiger partial charge in [0, 0.05) is 30.4 Å². The number of carbonyl (C=O) groups is 1. The molecule has 21 heavy (non-hydrogen) atoms. The molecule has 0 bridgehead atoms. The normalized spacial score (nSPS) is 10.5. The van der Waals surface area contributed by atoms with Gasteiger partial charge in [0.15, 0.2) is 5.96 Å². The Kier molecular flexibility index (Phi) is 10.1. The Labute approximate surface area is 147 Å². The number of rotatable bonds is 6. The predicted octanol–water partition coefficient (Wildman–Crippen LogP) is 1.98. The highest BCUT2D eigenvalue weighted by molar-refractivity contribution is 14.0. The molecule has 1 aromatic rings. The molecule has 5 nitrogen and oxygen atoms in total. The van der Waals surface area contributed by atoms with Crippen molar-refractivity contribution in [3.8, 4) is 0 Å². The lowest BCUT2D eigenvalue weighted by atomic mass is 10.4. The average Bonchev–Trinajstić information content (AvgIpc) is 2.83. The minimum atomic E-state index is -0.0309. The fraction of sp³-hybridized carbons (Fsp3) is 0.429. The zero-order chi connectivity index (χ0) is 15.0. The van der Waals surface area contributed by atoms with Gasteiger partial charge in [0.2, 0.25) is 5.91 Å². The molecule has 0 aliphatic carbocycles. The largest absolute Gasteiger partial charge is 0.353 e. The van der Waals surface area contributed by atoms with Crippen molar-refractivity contribution < 1.29 is 4.79 Å². The molecule has 1 rings (SSSR count). The van der Waals surface area contributed by atoms with Crippen LogP contribution >= 0.6 is 35.3 Å². The predicted molar refractivity (Wildman–Crippen MR) is 101 cm³/mol. The second-order valence-electron chi connectivity index (χ2n) is 4.49. The summed E-state index contributed by atoms with van der Waals surface area (Å²) >= 11 is 1.74. The standard InChI is InChI=1S/C14H22N4OS.HI/c1-5-8-15-14(17-10-13(19)18(3)4)16-9-12-7-6-11(2)20-12;/h5-7H,1,8-10H2,2-4H3,(H2,15,16,17);1H. The molecule has 1 amide bonds. The number of aryl methyl sites for hydroxylation is 1. The highest BCUT2D eigenvalue weighted by Crippen LogP contribution is 2.14. The maximum atomic E-state index is 11.5. The van der Waals surface area contributed by atoms with Gasteiger partial charge in [0.1, 0.15) is 6.54 Å². The molecule has 0 atom stereocenters. The first-order chi connectivity index (χ1) is 9.52. The summed E-state index contributed by atoms with van der Waals surface area (Å²) in [6.07, 6.45) is 1.75. The van der Waals surface area contributed by atoms with E-state index in [0.717, 1.165) is 0 Å². The molecule has 2 N–H and O–H groups in total. The molecule has 1 heterocycles. The third-order valence-electron chi connectivity index (χ3n) is 2.51. The van der Waals surface area contributed by atoms with Crippen molar-refractivity contribution in [2.45, 2.75) is 13.5 Å². The zero-order valence-electron chi connectivity index (χ0n) is 12.7. The van der Waals surface area contributed by atoms with Crippen LogP contribution < -0.4 is 10.6 Å². The second-order valence-corrected chi connectivity index (χ2v) is 5.86. The minimum absolute atomic E-state index is 0. The van der Waals surface area contributed by atoms with Gasteiger partial charge in [0.05, 0.1) is 6.54 Å². The van der Waals surface area contributed by atoms with Crippen molar-refractivity contribution >= 4 is 47.2 Å². The lowest BCUT2D eigenvalue weighted by Gasteiger charge is -2.12. The van der Waals surface area contributed by atoms with Crippen LogP contribution in [0.25, 0.3) is 0 Å². The summed E-state index contributed by atoms with van der Waals surface area (Å²) in [5, 5.41) is 6.30. The van der Waals surface area contributed by atoms with E-state index in [-0.39, 0.29) is 36.4 Å². The van der Waals surface area contributed by atoms with Crippen LogP contribution in [-0.4, -0.2) is 44.0 Å². The fourth-order valence-electron chi connectivity index (χ4n) is 1.38. The molecule has 0 saturated heterocycles. The van der Waals surface area contributed by atoms with E-state index in [1.807, 2.05) is 0 Å². The molecule has 0 fully saturated rings. The summed E-state index contributed by atoms with van der Waals surface area (Å²) in [6.45, 7) is 7.16. The summed E-state index contributed by atoms with van der Waals surface area (Å²) in [5.41, 5.74) is 0. The first-order valence-corrected chi connectivity index (χ1v) is 7.23. The fourth-order valence-corrected chi connectivity index (χ4v) is 2.21. The molecule has 0 aromatic carbocycles. The molecule has 118 valence electrons. The smallest absolute Gasteiger partial charge is 0.243 e. The molecule has 0 aliphatic heterocycles. The quantitative estimate of drug-likeness (QED) is 0.319. The van der Waals surface area contributed by atoms with Crippen LogP contribution in [-0.2, 0) is 11.3 Å². The number of hydrogen-bond donors (Lipinski definition) is 2. The van der Waals surface area contributed by atoms with E-state index in [0.29, 0.717) is 19.0 Å². The SMILES string of the molecule is C=CCNC(=NCC(=O)N(C)C)NCc1ccc(C)s1.I. The number of nitrogens with one attached hydrogen (secondary N) is 2. The Morgan fingerprint density at radius 1 is 1.43 bits per heavy atom. The maximum Gasteiger partial charge on any atom is 0.243 e. The lowest BCUT2D eigenvalue weighted by Crippen LogP contribution is -2.38. The number of halogens is 1. The molecule has 0 radical (unpaired) electrons. The summed E-state index contributed by atoms with van der Waals surface area (Å²) in [5.74, 6) is 0.586. The summed E-state index contributed by atoms with van der Waals surface area (Å²) in [4.78, 5) is 19.8. The minimum Gasteiger partial charge on any atom is -0.353 e. The van der Waals surface area contributed by atoms with Crippen LogP contribution in [0.2, 0.25) is 0 Å². The lowest BCUT2D eigenvalue weighted by molar-refractivity contribution is -0.127. The summed E-state index contributed by atoms with van der Waals surface area (Å²) in [7, 11) is 3.44. The average molecular weight is 422 g/mol. The van der Waals surface area contributed by atoms with Crippen molar-refractivity contribution in [2.24, 2.45) is 4.99 Å². The topological polar surface area (TPSA) is 56.7 Å².